The van der Waals surface area contributed by atoms with Crippen molar-refractivity contribution in [3.05, 3.63) is 83.8 Å². The molecule has 0 spiro atoms. The average Bonchev–Trinajstić information content (AvgIpc) is 2.74. The molecule has 1 amide bonds. The Kier molecular flexibility index (Phi) is 5.47. The zero-order chi connectivity index (χ0) is 19.3. The van der Waals surface area contributed by atoms with E-state index in [0.717, 1.165) is 41.9 Å². The Morgan fingerprint density at radius 2 is 1.89 bits per heavy atom. The largest absolute Gasteiger partial charge is 0.342 e. The lowest BCUT2D eigenvalue weighted by Gasteiger charge is -2.33. The van der Waals surface area contributed by atoms with Gasteiger partial charge in [-0.2, -0.15) is 0 Å². The number of aryl methyl sites for hydroxylation is 1. The number of hydrogen-bond acceptors (Lipinski definition) is 3. The van der Waals surface area contributed by atoms with Crippen LogP contribution in [0.5, 0.6) is 0 Å². The molecule has 0 N–H and O–H groups in total. The number of carbonyl (C=O) groups is 1. The van der Waals surface area contributed by atoms with Gasteiger partial charge in [0, 0.05) is 37.0 Å². The number of aromatic nitrogens is 2. The number of carbonyl (C=O) groups excluding carboxylic acids is 1. The van der Waals surface area contributed by atoms with Gasteiger partial charge in [-0.1, -0.05) is 54.1 Å². The number of amides is 1. The molecule has 28 heavy (non-hydrogen) atoms. The van der Waals surface area contributed by atoms with Crippen LogP contribution in [-0.4, -0.2) is 33.9 Å². The Bertz CT molecular complexity index is 955. The standard InChI is InChI=1S/C24H25N3O/c1-18-7-5-10-20(15-18)23-24(26-13-12-25-23)21-11-6-14-27(17-21)22(28)16-19-8-3-2-4-9-19/h2-5,7-10,12-13,15,21H,6,11,14,16-17H2,1H3/t21-/m0/s1. The van der Waals surface area contributed by atoms with E-state index in [1.807, 2.05) is 35.2 Å². The van der Waals surface area contributed by atoms with Crippen molar-refractivity contribution in [2.24, 2.45) is 0 Å². The number of likely N-dealkylation sites (tertiary alicyclic amines) is 1. The highest BCUT2D eigenvalue weighted by Crippen LogP contribution is 2.32. The van der Waals surface area contributed by atoms with Gasteiger partial charge >= 0.3 is 0 Å². The summed E-state index contributed by atoms with van der Waals surface area (Å²) in [4.78, 5) is 24.2. The molecule has 1 fully saturated rings. The van der Waals surface area contributed by atoms with E-state index in [4.69, 9.17) is 0 Å². The van der Waals surface area contributed by atoms with Crippen LogP contribution in [-0.2, 0) is 11.2 Å². The van der Waals surface area contributed by atoms with Crippen molar-refractivity contribution in [1.82, 2.24) is 14.9 Å². The van der Waals surface area contributed by atoms with Crippen LogP contribution in [0.15, 0.2) is 67.0 Å². The van der Waals surface area contributed by atoms with Gasteiger partial charge < -0.3 is 4.90 Å². The first kappa shape index (κ1) is 18.4. The monoisotopic (exact) mass is 371 g/mol. The first-order valence-electron chi connectivity index (χ1n) is 9.90. The van der Waals surface area contributed by atoms with E-state index in [0.29, 0.717) is 13.0 Å². The second kappa shape index (κ2) is 8.34. The van der Waals surface area contributed by atoms with Gasteiger partial charge in [0.15, 0.2) is 0 Å². The molecule has 0 unspecified atom stereocenters. The normalized spacial score (nSPS) is 16.8. The highest BCUT2D eigenvalue weighted by molar-refractivity contribution is 5.79. The van der Waals surface area contributed by atoms with E-state index < -0.39 is 0 Å². The number of hydrogen-bond donors (Lipinski definition) is 0. The lowest BCUT2D eigenvalue weighted by Crippen LogP contribution is -2.40. The summed E-state index contributed by atoms with van der Waals surface area (Å²) >= 11 is 0. The molecule has 0 radical (unpaired) electrons. The molecule has 4 rings (SSSR count). The smallest absolute Gasteiger partial charge is 0.227 e. The SMILES string of the molecule is Cc1cccc(-c2nccnc2[C@H]2CCCN(C(=O)Cc3ccccc3)C2)c1. The van der Waals surface area contributed by atoms with E-state index in [1.165, 1.54) is 5.56 Å². The molecule has 4 heteroatoms. The Morgan fingerprint density at radius 3 is 2.71 bits per heavy atom. The van der Waals surface area contributed by atoms with Crippen molar-refractivity contribution in [2.45, 2.75) is 32.1 Å². The van der Waals surface area contributed by atoms with Crippen molar-refractivity contribution in [2.75, 3.05) is 13.1 Å². The molecule has 3 aromatic rings. The third kappa shape index (κ3) is 4.11. The minimum absolute atomic E-state index is 0.192. The molecule has 1 aliphatic rings. The number of rotatable bonds is 4. The highest BCUT2D eigenvalue weighted by Gasteiger charge is 2.27. The number of nitrogens with zero attached hydrogens (tertiary/aromatic N) is 3. The summed E-state index contributed by atoms with van der Waals surface area (Å²) in [5, 5.41) is 0. The van der Waals surface area contributed by atoms with Crippen LogP contribution in [0, 0.1) is 6.92 Å². The molecule has 1 aromatic heterocycles. The third-order valence-corrected chi connectivity index (χ3v) is 5.38. The maximum absolute atomic E-state index is 12.8. The van der Waals surface area contributed by atoms with Crippen molar-refractivity contribution in [1.29, 1.82) is 0 Å². The number of benzene rings is 2. The Balaban J connectivity index is 1.55. The van der Waals surface area contributed by atoms with Crippen molar-refractivity contribution < 1.29 is 4.79 Å². The van der Waals surface area contributed by atoms with E-state index in [1.54, 1.807) is 12.4 Å². The molecule has 1 atom stereocenters. The minimum Gasteiger partial charge on any atom is -0.342 e. The van der Waals surface area contributed by atoms with Gasteiger partial charge in [-0.3, -0.25) is 14.8 Å². The van der Waals surface area contributed by atoms with Crippen molar-refractivity contribution in [3.63, 3.8) is 0 Å². The van der Waals surface area contributed by atoms with E-state index in [-0.39, 0.29) is 11.8 Å². The predicted octanol–water partition coefficient (Wildman–Crippen LogP) is 4.40. The average molecular weight is 371 g/mol. The second-order valence-electron chi connectivity index (χ2n) is 7.50. The molecular weight excluding hydrogens is 346 g/mol. The van der Waals surface area contributed by atoms with Gasteiger partial charge in [0.2, 0.25) is 5.91 Å². The van der Waals surface area contributed by atoms with Gasteiger partial charge in [0.1, 0.15) is 0 Å². The molecular formula is C24H25N3O. The zero-order valence-corrected chi connectivity index (χ0v) is 16.2. The molecule has 4 nitrogen and oxygen atoms in total. The Morgan fingerprint density at radius 1 is 1.07 bits per heavy atom. The number of piperidine rings is 1. The van der Waals surface area contributed by atoms with E-state index >= 15 is 0 Å². The molecule has 1 aliphatic heterocycles. The van der Waals surface area contributed by atoms with Crippen LogP contribution in [0.1, 0.15) is 35.6 Å². The summed E-state index contributed by atoms with van der Waals surface area (Å²) in [6, 6.07) is 18.3. The van der Waals surface area contributed by atoms with Crippen LogP contribution in [0.2, 0.25) is 0 Å². The molecule has 142 valence electrons. The fourth-order valence-electron chi connectivity index (χ4n) is 3.97. The maximum Gasteiger partial charge on any atom is 0.227 e. The van der Waals surface area contributed by atoms with Crippen LogP contribution >= 0.6 is 0 Å². The summed E-state index contributed by atoms with van der Waals surface area (Å²) < 4.78 is 0. The van der Waals surface area contributed by atoms with Gasteiger partial charge in [-0.15, -0.1) is 0 Å². The Hall–Kier alpha value is -3.01. The van der Waals surface area contributed by atoms with Crippen LogP contribution in [0.25, 0.3) is 11.3 Å². The second-order valence-corrected chi connectivity index (χ2v) is 7.50. The Labute approximate surface area is 166 Å². The molecule has 1 saturated heterocycles. The fourth-order valence-corrected chi connectivity index (χ4v) is 3.97. The first-order valence-corrected chi connectivity index (χ1v) is 9.90. The van der Waals surface area contributed by atoms with Gasteiger partial charge in [-0.25, -0.2) is 0 Å². The fraction of sp³-hybridized carbons (Fsp3) is 0.292. The zero-order valence-electron chi connectivity index (χ0n) is 16.2. The highest BCUT2D eigenvalue weighted by atomic mass is 16.2. The van der Waals surface area contributed by atoms with Gasteiger partial charge in [0.25, 0.3) is 0 Å². The maximum atomic E-state index is 12.8. The summed E-state index contributed by atoms with van der Waals surface area (Å²) in [6.45, 7) is 3.62. The summed E-state index contributed by atoms with van der Waals surface area (Å²) in [5.41, 5.74) is 5.31. The third-order valence-electron chi connectivity index (χ3n) is 5.38. The molecule has 2 aromatic carbocycles. The van der Waals surface area contributed by atoms with Crippen molar-refractivity contribution in [3.8, 4) is 11.3 Å². The first-order chi connectivity index (χ1) is 13.7. The lowest BCUT2D eigenvalue weighted by molar-refractivity contribution is -0.131. The van der Waals surface area contributed by atoms with Crippen LogP contribution < -0.4 is 0 Å². The van der Waals surface area contributed by atoms with Crippen LogP contribution in [0.4, 0.5) is 0 Å². The summed E-state index contributed by atoms with van der Waals surface area (Å²) in [7, 11) is 0. The summed E-state index contributed by atoms with van der Waals surface area (Å²) in [5.74, 6) is 0.412. The predicted molar refractivity (Wildman–Crippen MR) is 111 cm³/mol. The quantitative estimate of drug-likeness (QED) is 0.683. The molecule has 0 aliphatic carbocycles. The molecule has 2 heterocycles. The minimum atomic E-state index is 0.192. The van der Waals surface area contributed by atoms with Crippen molar-refractivity contribution >= 4 is 5.91 Å². The van der Waals surface area contributed by atoms with Crippen LogP contribution in [0.3, 0.4) is 0 Å². The van der Waals surface area contributed by atoms with Gasteiger partial charge in [0.05, 0.1) is 17.8 Å². The van der Waals surface area contributed by atoms with E-state index in [9.17, 15) is 4.79 Å². The topological polar surface area (TPSA) is 46.1 Å². The van der Waals surface area contributed by atoms with E-state index in [2.05, 4.69) is 41.2 Å². The molecule has 0 bridgehead atoms. The molecule has 0 saturated carbocycles. The lowest BCUT2D eigenvalue weighted by atomic mass is 9.91. The summed E-state index contributed by atoms with van der Waals surface area (Å²) in [6.07, 6.45) is 6.00. The van der Waals surface area contributed by atoms with Gasteiger partial charge in [-0.05, 0) is 31.4 Å².